The summed E-state index contributed by atoms with van der Waals surface area (Å²) in [6.07, 6.45) is 6.86. The van der Waals surface area contributed by atoms with Crippen LogP contribution in [0.1, 0.15) is 41.8 Å². The van der Waals surface area contributed by atoms with Crippen molar-refractivity contribution >= 4 is 5.91 Å². The molecule has 0 saturated carbocycles. The van der Waals surface area contributed by atoms with E-state index in [1.165, 1.54) is 0 Å². The summed E-state index contributed by atoms with van der Waals surface area (Å²) < 4.78 is 5.98. The molecular weight excluding hydrogens is 316 g/mol. The summed E-state index contributed by atoms with van der Waals surface area (Å²) in [6, 6.07) is 3.92. The van der Waals surface area contributed by atoms with Gasteiger partial charge >= 0.3 is 0 Å². The molecular formula is C19H26N4O2. The van der Waals surface area contributed by atoms with E-state index in [0.29, 0.717) is 26.0 Å². The van der Waals surface area contributed by atoms with E-state index in [4.69, 9.17) is 4.74 Å². The Morgan fingerprint density at radius 3 is 3.04 bits per heavy atom. The van der Waals surface area contributed by atoms with Crippen LogP contribution < -0.4 is 0 Å². The number of ether oxygens (including phenoxy) is 1. The van der Waals surface area contributed by atoms with Gasteiger partial charge in [-0.15, -0.1) is 0 Å². The molecule has 0 unspecified atom stereocenters. The second-order valence-corrected chi connectivity index (χ2v) is 6.70. The van der Waals surface area contributed by atoms with Crippen molar-refractivity contribution < 1.29 is 9.53 Å². The van der Waals surface area contributed by atoms with Gasteiger partial charge in [-0.2, -0.15) is 5.10 Å². The number of carbonyl (C=O) groups excluding carboxylic acids is 1. The molecule has 0 bridgehead atoms. The fourth-order valence-corrected chi connectivity index (χ4v) is 3.16. The average molecular weight is 342 g/mol. The average Bonchev–Trinajstić information content (AvgIpc) is 2.97. The third-order valence-corrected chi connectivity index (χ3v) is 4.87. The first-order chi connectivity index (χ1) is 12.1. The molecule has 0 spiro atoms. The van der Waals surface area contributed by atoms with Gasteiger partial charge in [0, 0.05) is 44.0 Å². The molecule has 0 aromatic carbocycles. The molecule has 1 saturated heterocycles. The summed E-state index contributed by atoms with van der Waals surface area (Å²) in [4.78, 5) is 18.6. The van der Waals surface area contributed by atoms with E-state index in [1.807, 2.05) is 37.1 Å². The van der Waals surface area contributed by atoms with Crippen molar-refractivity contribution in [3.05, 3.63) is 47.0 Å². The fraction of sp³-hybridized carbons (Fsp3) is 0.526. The van der Waals surface area contributed by atoms with E-state index in [1.54, 1.807) is 6.20 Å². The Kier molecular flexibility index (Phi) is 5.81. The van der Waals surface area contributed by atoms with E-state index in [2.05, 4.69) is 15.2 Å². The lowest BCUT2D eigenvalue weighted by Crippen LogP contribution is -2.43. The number of hydrogen-bond donors (Lipinski definition) is 1. The smallest absolute Gasteiger partial charge is 0.223 e. The number of pyridine rings is 1. The van der Waals surface area contributed by atoms with Crippen molar-refractivity contribution in [3.8, 4) is 0 Å². The molecule has 1 N–H and O–H groups in total. The number of piperidine rings is 1. The number of nitrogens with one attached hydrogen (secondary N) is 1. The monoisotopic (exact) mass is 342 g/mol. The minimum Gasteiger partial charge on any atom is -0.372 e. The maximum Gasteiger partial charge on any atom is 0.223 e. The van der Waals surface area contributed by atoms with Crippen LogP contribution in [-0.2, 0) is 22.6 Å². The summed E-state index contributed by atoms with van der Waals surface area (Å²) in [5.74, 6) is 0.190. The molecule has 6 nitrogen and oxygen atoms in total. The highest BCUT2D eigenvalue weighted by Gasteiger charge is 2.24. The van der Waals surface area contributed by atoms with Crippen molar-refractivity contribution in [2.75, 3.05) is 13.1 Å². The molecule has 3 heterocycles. The third kappa shape index (κ3) is 4.66. The lowest BCUT2D eigenvalue weighted by Gasteiger charge is -2.32. The fourth-order valence-electron chi connectivity index (χ4n) is 3.16. The zero-order valence-corrected chi connectivity index (χ0v) is 15.0. The summed E-state index contributed by atoms with van der Waals surface area (Å²) in [7, 11) is 0. The molecule has 6 heteroatoms. The topological polar surface area (TPSA) is 71.1 Å². The molecule has 2 aromatic rings. The maximum absolute atomic E-state index is 12.5. The van der Waals surface area contributed by atoms with Gasteiger partial charge in [0.05, 0.1) is 18.4 Å². The van der Waals surface area contributed by atoms with Gasteiger partial charge < -0.3 is 9.64 Å². The minimum absolute atomic E-state index is 0.104. The molecule has 0 aliphatic carbocycles. The number of aryl methyl sites for hydroxylation is 2. The van der Waals surface area contributed by atoms with Gasteiger partial charge in [0.15, 0.2) is 0 Å². The van der Waals surface area contributed by atoms with Crippen LogP contribution in [0.5, 0.6) is 0 Å². The molecule has 1 atom stereocenters. The van der Waals surface area contributed by atoms with E-state index in [9.17, 15) is 4.79 Å². The van der Waals surface area contributed by atoms with Crippen LogP contribution in [0.3, 0.4) is 0 Å². The van der Waals surface area contributed by atoms with Crippen LogP contribution in [0, 0.1) is 13.8 Å². The van der Waals surface area contributed by atoms with Crippen molar-refractivity contribution in [1.82, 2.24) is 20.1 Å². The highest BCUT2D eigenvalue weighted by molar-refractivity contribution is 5.76. The maximum atomic E-state index is 12.5. The van der Waals surface area contributed by atoms with E-state index in [-0.39, 0.29) is 12.0 Å². The third-order valence-electron chi connectivity index (χ3n) is 4.87. The first kappa shape index (κ1) is 17.6. The van der Waals surface area contributed by atoms with Gasteiger partial charge in [-0.1, -0.05) is 6.07 Å². The molecule has 1 aliphatic heterocycles. The largest absolute Gasteiger partial charge is 0.372 e. The van der Waals surface area contributed by atoms with Crippen molar-refractivity contribution in [2.24, 2.45) is 0 Å². The van der Waals surface area contributed by atoms with E-state index < -0.39 is 0 Å². The second kappa shape index (κ2) is 8.25. The number of aromatic nitrogens is 3. The van der Waals surface area contributed by atoms with Crippen LogP contribution in [0.25, 0.3) is 0 Å². The van der Waals surface area contributed by atoms with Crippen LogP contribution in [0.15, 0.2) is 24.5 Å². The van der Waals surface area contributed by atoms with Crippen molar-refractivity contribution in [1.29, 1.82) is 0 Å². The summed E-state index contributed by atoms with van der Waals surface area (Å²) in [6.45, 7) is 6.10. The Bertz CT molecular complexity index is 699. The molecule has 134 valence electrons. The van der Waals surface area contributed by atoms with Gasteiger partial charge in [-0.25, -0.2) is 0 Å². The second-order valence-electron chi connectivity index (χ2n) is 6.70. The molecule has 2 aromatic heterocycles. The standard InChI is InChI=1S/C19H26N4O2/c1-14-15(2)21-22-18(14)7-8-19(24)23-10-4-6-17(12-23)25-13-16-5-3-9-20-11-16/h3,5,9,11,17H,4,6-8,10,12-13H2,1-2H3,(H,21,22)/t17-/m0/s1. The first-order valence-electron chi connectivity index (χ1n) is 8.92. The Morgan fingerprint density at radius 2 is 2.32 bits per heavy atom. The van der Waals surface area contributed by atoms with Crippen LogP contribution >= 0.6 is 0 Å². The molecule has 3 rings (SSSR count). The van der Waals surface area contributed by atoms with E-state index >= 15 is 0 Å². The molecule has 0 radical (unpaired) electrons. The number of aromatic amines is 1. The number of H-pyrrole nitrogens is 1. The van der Waals surface area contributed by atoms with Crippen molar-refractivity contribution in [2.45, 2.75) is 52.2 Å². The lowest BCUT2D eigenvalue weighted by atomic mass is 10.1. The van der Waals surface area contributed by atoms with Crippen LogP contribution in [-0.4, -0.2) is 45.2 Å². The Morgan fingerprint density at radius 1 is 1.44 bits per heavy atom. The SMILES string of the molecule is Cc1[nH]nc(CCC(=O)N2CCC[C@H](OCc3cccnc3)C2)c1C. The molecule has 1 amide bonds. The zero-order chi connectivity index (χ0) is 17.6. The number of nitrogens with zero attached hydrogens (tertiary/aromatic N) is 3. The number of amides is 1. The summed E-state index contributed by atoms with van der Waals surface area (Å²) in [5, 5.41) is 7.26. The molecule has 25 heavy (non-hydrogen) atoms. The molecule has 1 aliphatic rings. The predicted molar refractivity (Wildman–Crippen MR) is 95.0 cm³/mol. The molecule has 1 fully saturated rings. The number of hydrogen-bond acceptors (Lipinski definition) is 4. The normalized spacial score (nSPS) is 17.7. The number of likely N-dealkylation sites (tertiary alicyclic amines) is 1. The van der Waals surface area contributed by atoms with Gasteiger partial charge in [-0.05, 0) is 43.9 Å². The van der Waals surface area contributed by atoms with Crippen molar-refractivity contribution in [3.63, 3.8) is 0 Å². The van der Waals surface area contributed by atoms with E-state index in [0.717, 1.165) is 41.9 Å². The predicted octanol–water partition coefficient (Wildman–Crippen LogP) is 2.56. The van der Waals surface area contributed by atoms with Gasteiger partial charge in [0.2, 0.25) is 5.91 Å². The van der Waals surface area contributed by atoms with Crippen LogP contribution in [0.2, 0.25) is 0 Å². The first-order valence-corrected chi connectivity index (χ1v) is 8.92. The highest BCUT2D eigenvalue weighted by Crippen LogP contribution is 2.17. The highest BCUT2D eigenvalue weighted by atomic mass is 16.5. The summed E-state index contributed by atoms with van der Waals surface area (Å²) in [5.41, 5.74) is 4.29. The Labute approximate surface area is 148 Å². The number of rotatable bonds is 6. The van der Waals surface area contributed by atoms with Crippen LogP contribution in [0.4, 0.5) is 0 Å². The van der Waals surface area contributed by atoms with Gasteiger partial charge in [0.1, 0.15) is 0 Å². The quantitative estimate of drug-likeness (QED) is 0.876. The minimum atomic E-state index is 0.104. The summed E-state index contributed by atoms with van der Waals surface area (Å²) >= 11 is 0. The lowest BCUT2D eigenvalue weighted by molar-refractivity contribution is -0.135. The zero-order valence-electron chi connectivity index (χ0n) is 15.0. The number of carbonyl (C=O) groups is 1. The van der Waals surface area contributed by atoms with Gasteiger partial charge in [-0.3, -0.25) is 14.9 Å². The van der Waals surface area contributed by atoms with Gasteiger partial charge in [0.25, 0.3) is 0 Å². The Hall–Kier alpha value is -2.21. The Balaban J connectivity index is 1.47.